The van der Waals surface area contributed by atoms with Gasteiger partial charge in [-0.05, 0) is 36.0 Å². The molecule has 1 aliphatic heterocycles. The maximum Gasteiger partial charge on any atom is 0.320 e. The van der Waals surface area contributed by atoms with E-state index in [1.807, 2.05) is 12.1 Å². The Kier molecular flexibility index (Phi) is 6.28. The number of methoxy groups -OCH3 is 3. The lowest BCUT2D eigenvalue weighted by atomic mass is 9.62. The van der Waals surface area contributed by atoms with Crippen LogP contribution in [0.15, 0.2) is 54.6 Å². The molecule has 0 amide bonds. The number of hydrogen-bond acceptors (Lipinski definition) is 6. The molecule has 1 heterocycles. The van der Waals surface area contributed by atoms with Gasteiger partial charge in [0, 0.05) is 30.7 Å². The van der Waals surface area contributed by atoms with Crippen LogP contribution in [0, 0.1) is 17.8 Å². The number of carbonyl (C=O) groups is 2. The summed E-state index contributed by atoms with van der Waals surface area (Å²) in [5.41, 5.74) is 3.57. The number of anilines is 1. The maximum absolute atomic E-state index is 12.5. The fraction of sp³-hybridized carbons (Fsp3) is 0.440. The van der Waals surface area contributed by atoms with Crippen LogP contribution < -0.4 is 5.32 Å². The van der Waals surface area contributed by atoms with E-state index >= 15 is 0 Å². The van der Waals surface area contributed by atoms with Gasteiger partial charge in [0.05, 0.1) is 20.3 Å². The minimum atomic E-state index is -0.956. The highest BCUT2D eigenvalue weighted by atomic mass is 16.5. The Morgan fingerprint density at radius 1 is 0.903 bits per heavy atom. The van der Waals surface area contributed by atoms with Crippen LogP contribution in [0.5, 0.6) is 0 Å². The largest absolute Gasteiger partial charge is 0.468 e. The number of benzene rings is 2. The van der Waals surface area contributed by atoms with Crippen LogP contribution in [0.3, 0.4) is 0 Å². The van der Waals surface area contributed by atoms with Gasteiger partial charge in [-0.15, -0.1) is 0 Å². The van der Waals surface area contributed by atoms with E-state index in [1.54, 1.807) is 7.11 Å². The number of esters is 2. The summed E-state index contributed by atoms with van der Waals surface area (Å²) in [5.74, 6) is -1.98. The predicted octanol–water partition coefficient (Wildman–Crippen LogP) is 3.62. The molecule has 0 radical (unpaired) electrons. The van der Waals surface area contributed by atoms with Gasteiger partial charge in [0.2, 0.25) is 0 Å². The minimum Gasteiger partial charge on any atom is -0.468 e. The smallest absolute Gasteiger partial charge is 0.320 e. The van der Waals surface area contributed by atoms with Crippen molar-refractivity contribution in [1.82, 2.24) is 0 Å². The number of carbonyl (C=O) groups excluding carboxylic acids is 2. The molecule has 0 bridgehead atoms. The van der Waals surface area contributed by atoms with Crippen molar-refractivity contribution in [2.45, 2.75) is 30.9 Å². The highest BCUT2D eigenvalue weighted by Gasteiger charge is 2.50. The lowest BCUT2D eigenvalue weighted by molar-refractivity contribution is -0.163. The zero-order chi connectivity index (χ0) is 22.0. The summed E-state index contributed by atoms with van der Waals surface area (Å²) >= 11 is 0. The summed E-state index contributed by atoms with van der Waals surface area (Å²) in [4.78, 5) is 24.9. The van der Waals surface area contributed by atoms with Crippen molar-refractivity contribution in [2.24, 2.45) is 17.8 Å². The van der Waals surface area contributed by atoms with Gasteiger partial charge >= 0.3 is 11.9 Å². The van der Waals surface area contributed by atoms with E-state index in [-0.39, 0.29) is 29.9 Å². The number of ether oxygens (including phenoxy) is 3. The Labute approximate surface area is 182 Å². The first-order valence-corrected chi connectivity index (χ1v) is 10.7. The zero-order valence-corrected chi connectivity index (χ0v) is 18.1. The van der Waals surface area contributed by atoms with Gasteiger partial charge in [-0.25, -0.2) is 0 Å². The number of nitrogens with one attached hydrogen (secondary N) is 1. The molecule has 0 aromatic heterocycles. The maximum atomic E-state index is 12.5. The SMILES string of the molecule is COC(=O)C(C(=O)OC)[C@@H]1C[C@@H]2Nc3ccccc3[C@H](c3ccccc3)[C@H]2[C@H](OC)C1. The predicted molar refractivity (Wildman–Crippen MR) is 117 cm³/mol. The van der Waals surface area contributed by atoms with Crippen LogP contribution in [-0.4, -0.2) is 45.4 Å². The Balaban J connectivity index is 1.75. The molecule has 5 atom stereocenters. The fourth-order valence-electron chi connectivity index (χ4n) is 5.53. The van der Waals surface area contributed by atoms with E-state index in [2.05, 4.69) is 47.8 Å². The number of para-hydroxylation sites is 1. The van der Waals surface area contributed by atoms with E-state index in [9.17, 15) is 9.59 Å². The fourth-order valence-corrected chi connectivity index (χ4v) is 5.53. The Hall–Kier alpha value is -2.86. The molecule has 31 heavy (non-hydrogen) atoms. The van der Waals surface area contributed by atoms with Crippen molar-refractivity contribution in [3.63, 3.8) is 0 Å². The summed E-state index contributed by atoms with van der Waals surface area (Å²) in [5, 5.41) is 3.68. The highest BCUT2D eigenvalue weighted by molar-refractivity contribution is 5.95. The third-order valence-electron chi connectivity index (χ3n) is 6.85. The van der Waals surface area contributed by atoms with Crippen molar-refractivity contribution in [3.8, 4) is 0 Å². The molecule has 2 aliphatic rings. The summed E-state index contributed by atoms with van der Waals surface area (Å²) in [7, 11) is 4.31. The van der Waals surface area contributed by atoms with E-state index < -0.39 is 17.9 Å². The minimum absolute atomic E-state index is 0.0422. The molecule has 1 fully saturated rings. The van der Waals surface area contributed by atoms with Crippen molar-refractivity contribution in [1.29, 1.82) is 0 Å². The molecular weight excluding hydrogens is 394 g/mol. The molecule has 4 rings (SSSR count). The van der Waals surface area contributed by atoms with Gasteiger partial charge in [0.25, 0.3) is 0 Å². The summed E-state index contributed by atoms with van der Waals surface area (Å²) in [6, 6.07) is 18.9. The first-order chi connectivity index (χ1) is 15.1. The lowest BCUT2D eigenvalue weighted by Crippen LogP contribution is -2.53. The molecule has 6 heteroatoms. The Bertz CT molecular complexity index is 915. The number of fused-ring (bicyclic) bond motifs is 2. The standard InChI is InChI=1S/C25H29NO5/c1-29-20-14-16(22(24(27)30-2)25(28)31-3)13-19-23(20)21(15-9-5-4-6-10-15)17-11-7-8-12-18(17)26-19/h4-12,16,19-23,26H,13-14H2,1-3H3/t16-,19+,20-,21+,23-/m1/s1. The van der Waals surface area contributed by atoms with Crippen molar-refractivity contribution in [3.05, 3.63) is 65.7 Å². The van der Waals surface area contributed by atoms with E-state index in [4.69, 9.17) is 14.2 Å². The van der Waals surface area contributed by atoms with Gasteiger partial charge in [-0.2, -0.15) is 0 Å². The van der Waals surface area contributed by atoms with E-state index in [0.29, 0.717) is 12.8 Å². The average Bonchev–Trinajstić information content (AvgIpc) is 2.82. The molecule has 0 saturated heterocycles. The molecule has 2 aromatic rings. The van der Waals surface area contributed by atoms with Crippen LogP contribution in [0.1, 0.15) is 29.9 Å². The molecule has 2 aromatic carbocycles. The number of hydrogen-bond donors (Lipinski definition) is 1. The second-order valence-electron chi connectivity index (χ2n) is 8.33. The summed E-state index contributed by atoms with van der Waals surface area (Å²) in [6.07, 6.45) is 1.10. The molecule has 164 valence electrons. The van der Waals surface area contributed by atoms with Crippen molar-refractivity contribution < 1.29 is 23.8 Å². The van der Waals surface area contributed by atoms with Crippen LogP contribution >= 0.6 is 0 Å². The molecular formula is C25H29NO5. The quantitative estimate of drug-likeness (QED) is 0.585. The second kappa shape index (κ2) is 9.10. The molecule has 1 saturated carbocycles. The number of rotatable bonds is 5. The monoisotopic (exact) mass is 423 g/mol. The molecule has 1 aliphatic carbocycles. The highest BCUT2D eigenvalue weighted by Crippen LogP contribution is 2.50. The van der Waals surface area contributed by atoms with Gasteiger partial charge < -0.3 is 19.5 Å². The third kappa shape index (κ3) is 3.92. The van der Waals surface area contributed by atoms with Crippen LogP contribution in [0.25, 0.3) is 0 Å². The molecule has 6 nitrogen and oxygen atoms in total. The van der Waals surface area contributed by atoms with Gasteiger partial charge in [-0.1, -0.05) is 48.5 Å². The van der Waals surface area contributed by atoms with Crippen LogP contribution in [0.4, 0.5) is 5.69 Å². The van der Waals surface area contributed by atoms with Gasteiger partial charge in [-0.3, -0.25) is 9.59 Å². The molecule has 1 N–H and O–H groups in total. The van der Waals surface area contributed by atoms with E-state index in [0.717, 1.165) is 5.69 Å². The first-order valence-electron chi connectivity index (χ1n) is 10.7. The van der Waals surface area contributed by atoms with Gasteiger partial charge in [0.1, 0.15) is 0 Å². The normalized spacial score (nSPS) is 26.9. The topological polar surface area (TPSA) is 73.9 Å². The Morgan fingerprint density at radius 3 is 2.19 bits per heavy atom. The average molecular weight is 424 g/mol. The van der Waals surface area contributed by atoms with Gasteiger partial charge in [0.15, 0.2) is 5.92 Å². The second-order valence-corrected chi connectivity index (χ2v) is 8.33. The first kappa shape index (κ1) is 21.4. The zero-order valence-electron chi connectivity index (χ0n) is 18.1. The summed E-state index contributed by atoms with van der Waals surface area (Å²) < 4.78 is 15.9. The summed E-state index contributed by atoms with van der Waals surface area (Å²) in [6.45, 7) is 0. The molecule has 0 unspecified atom stereocenters. The van der Waals surface area contributed by atoms with Crippen molar-refractivity contribution in [2.75, 3.05) is 26.6 Å². The van der Waals surface area contributed by atoms with Crippen LogP contribution in [-0.2, 0) is 23.8 Å². The van der Waals surface area contributed by atoms with E-state index in [1.165, 1.54) is 25.3 Å². The lowest BCUT2D eigenvalue weighted by Gasteiger charge is -2.49. The van der Waals surface area contributed by atoms with Crippen molar-refractivity contribution >= 4 is 17.6 Å². The third-order valence-corrected chi connectivity index (χ3v) is 6.85. The Morgan fingerprint density at radius 2 is 1.55 bits per heavy atom. The van der Waals surface area contributed by atoms with Crippen LogP contribution in [0.2, 0.25) is 0 Å². The molecule has 0 spiro atoms.